The predicted octanol–water partition coefficient (Wildman–Crippen LogP) is 3.90. The number of amides is 2. The molecule has 4 nitrogen and oxygen atoms in total. The molecule has 3 rings (SSSR count). The summed E-state index contributed by atoms with van der Waals surface area (Å²) in [7, 11) is 0. The molecule has 1 aromatic rings. The minimum Gasteiger partial charge on any atom is -0.341 e. The summed E-state index contributed by atoms with van der Waals surface area (Å²) in [4.78, 5) is 28.3. The molecule has 9 heteroatoms. The van der Waals surface area contributed by atoms with Crippen LogP contribution < -0.4 is 0 Å². The van der Waals surface area contributed by atoms with Crippen molar-refractivity contribution in [3.63, 3.8) is 0 Å². The molecule has 0 spiro atoms. The maximum atomic E-state index is 12.9. The summed E-state index contributed by atoms with van der Waals surface area (Å²) in [6.45, 7) is 1.42. The highest BCUT2D eigenvalue weighted by Crippen LogP contribution is 2.35. The fraction of sp³-hybridized carbons (Fsp3) is 0.444. The maximum Gasteiger partial charge on any atom is 0.417 e. The normalized spacial score (nSPS) is 20.7. The van der Waals surface area contributed by atoms with E-state index in [2.05, 4.69) is 0 Å². The molecule has 2 heterocycles. The van der Waals surface area contributed by atoms with Crippen LogP contribution in [0.4, 0.5) is 13.2 Å². The van der Waals surface area contributed by atoms with Crippen molar-refractivity contribution >= 4 is 41.3 Å². The van der Waals surface area contributed by atoms with Crippen LogP contribution in [-0.4, -0.2) is 52.4 Å². The highest BCUT2D eigenvalue weighted by atomic mass is 35.5. The lowest BCUT2D eigenvalue weighted by atomic mass is 10.1. The van der Waals surface area contributed by atoms with Crippen molar-refractivity contribution in [3.8, 4) is 0 Å². The minimum absolute atomic E-state index is 0.0508. The maximum absolute atomic E-state index is 12.9. The average molecular weight is 419 g/mol. The number of benzene rings is 1. The van der Waals surface area contributed by atoms with Gasteiger partial charge >= 0.3 is 6.18 Å². The van der Waals surface area contributed by atoms with Crippen molar-refractivity contribution in [3.05, 3.63) is 40.4 Å². The van der Waals surface area contributed by atoms with Gasteiger partial charge in [0.2, 0.25) is 11.8 Å². The third kappa shape index (κ3) is 4.60. The Morgan fingerprint density at radius 3 is 2.59 bits per heavy atom. The second kappa shape index (κ2) is 8.14. The SMILES string of the molecule is O=C(C1CSCN1C(=O)/C=C/c1ccc(Cl)c(C(F)(F)F)c1)N1CCCC1. The van der Waals surface area contributed by atoms with Crippen LogP contribution in [0.3, 0.4) is 0 Å². The van der Waals surface area contributed by atoms with Gasteiger partial charge in [-0.25, -0.2) is 0 Å². The van der Waals surface area contributed by atoms with E-state index < -0.39 is 22.8 Å². The van der Waals surface area contributed by atoms with Gasteiger partial charge in [-0.3, -0.25) is 9.59 Å². The van der Waals surface area contributed by atoms with E-state index in [1.165, 1.54) is 34.9 Å². The molecule has 0 aliphatic carbocycles. The number of rotatable bonds is 3. The van der Waals surface area contributed by atoms with E-state index in [0.717, 1.165) is 25.0 Å². The molecule has 0 aromatic heterocycles. The zero-order chi connectivity index (χ0) is 19.6. The molecule has 2 fully saturated rings. The summed E-state index contributed by atoms with van der Waals surface area (Å²) in [6.07, 6.45) is -0.104. The predicted molar refractivity (Wildman–Crippen MR) is 99.3 cm³/mol. The quantitative estimate of drug-likeness (QED) is 0.699. The fourth-order valence-electron chi connectivity index (χ4n) is 3.14. The van der Waals surface area contributed by atoms with Gasteiger partial charge in [0.15, 0.2) is 0 Å². The standard InChI is InChI=1S/C18H18ClF3N2O2S/c19-14-5-3-12(9-13(14)18(20,21)22)4-6-16(25)24-11-27-10-15(24)17(26)23-7-1-2-8-23/h3-6,9,15H,1-2,7-8,10-11H2/b6-4+. The number of hydrogen-bond acceptors (Lipinski definition) is 3. The third-order valence-electron chi connectivity index (χ3n) is 4.58. The molecule has 0 N–H and O–H groups in total. The molecule has 1 aromatic carbocycles. The summed E-state index contributed by atoms with van der Waals surface area (Å²) in [5.74, 6) is 0.488. The topological polar surface area (TPSA) is 40.6 Å². The summed E-state index contributed by atoms with van der Waals surface area (Å²) in [5, 5.41) is -0.391. The Morgan fingerprint density at radius 1 is 1.22 bits per heavy atom. The monoisotopic (exact) mass is 418 g/mol. The van der Waals surface area contributed by atoms with Gasteiger partial charge in [0.25, 0.3) is 0 Å². The average Bonchev–Trinajstić information content (AvgIpc) is 3.30. The molecule has 1 unspecified atom stereocenters. The summed E-state index contributed by atoms with van der Waals surface area (Å²) in [5.41, 5.74) is -0.730. The first kappa shape index (κ1) is 20.1. The number of hydrogen-bond donors (Lipinski definition) is 0. The highest BCUT2D eigenvalue weighted by molar-refractivity contribution is 7.99. The molecule has 1 atom stereocenters. The summed E-state index contributed by atoms with van der Waals surface area (Å²) >= 11 is 7.09. The van der Waals surface area contributed by atoms with E-state index in [-0.39, 0.29) is 17.4 Å². The Hall–Kier alpha value is -1.67. The molecule has 0 saturated carbocycles. The lowest BCUT2D eigenvalue weighted by Gasteiger charge is -2.26. The zero-order valence-corrected chi connectivity index (χ0v) is 15.9. The Labute approximate surface area is 164 Å². The Morgan fingerprint density at radius 2 is 1.93 bits per heavy atom. The van der Waals surface area contributed by atoms with Crippen LogP contribution >= 0.6 is 23.4 Å². The number of carbonyl (C=O) groups excluding carboxylic acids is 2. The molecule has 146 valence electrons. The van der Waals surface area contributed by atoms with Gasteiger partial charge in [-0.05, 0) is 36.6 Å². The van der Waals surface area contributed by atoms with Crippen LogP contribution in [-0.2, 0) is 15.8 Å². The van der Waals surface area contributed by atoms with E-state index in [4.69, 9.17) is 11.6 Å². The second-order valence-corrected chi connectivity index (χ2v) is 7.83. The van der Waals surface area contributed by atoms with E-state index >= 15 is 0 Å². The van der Waals surface area contributed by atoms with Gasteiger partial charge in [0.1, 0.15) is 6.04 Å². The summed E-state index contributed by atoms with van der Waals surface area (Å²) < 4.78 is 38.8. The van der Waals surface area contributed by atoms with Gasteiger partial charge in [-0.15, -0.1) is 11.8 Å². The number of halogens is 4. The highest BCUT2D eigenvalue weighted by Gasteiger charge is 2.37. The van der Waals surface area contributed by atoms with E-state index in [1.807, 2.05) is 0 Å². The zero-order valence-electron chi connectivity index (χ0n) is 14.3. The van der Waals surface area contributed by atoms with Crippen LogP contribution in [0.15, 0.2) is 24.3 Å². The Balaban J connectivity index is 1.71. The van der Waals surface area contributed by atoms with Crippen LogP contribution in [0.1, 0.15) is 24.0 Å². The van der Waals surface area contributed by atoms with E-state index in [9.17, 15) is 22.8 Å². The first-order chi connectivity index (χ1) is 12.8. The Bertz CT molecular complexity index is 763. The molecule has 2 aliphatic rings. The first-order valence-electron chi connectivity index (χ1n) is 8.49. The number of carbonyl (C=O) groups is 2. The number of nitrogens with zero attached hydrogens (tertiary/aromatic N) is 2. The largest absolute Gasteiger partial charge is 0.417 e. The van der Waals surface area contributed by atoms with Crippen molar-refractivity contribution in [1.29, 1.82) is 0 Å². The summed E-state index contributed by atoms with van der Waals surface area (Å²) in [6, 6.07) is 2.95. The lowest BCUT2D eigenvalue weighted by molar-refractivity contribution is -0.140. The van der Waals surface area contributed by atoms with Gasteiger partial charge in [0.05, 0.1) is 16.5 Å². The minimum atomic E-state index is -4.57. The van der Waals surface area contributed by atoms with Crippen LogP contribution in [0.25, 0.3) is 6.08 Å². The van der Waals surface area contributed by atoms with Gasteiger partial charge in [-0.1, -0.05) is 17.7 Å². The van der Waals surface area contributed by atoms with Crippen LogP contribution in [0, 0.1) is 0 Å². The molecule has 27 heavy (non-hydrogen) atoms. The fourth-order valence-corrected chi connectivity index (χ4v) is 4.52. The molecular formula is C18H18ClF3N2O2S. The van der Waals surface area contributed by atoms with Crippen molar-refractivity contribution in [2.75, 3.05) is 24.7 Å². The van der Waals surface area contributed by atoms with Crippen molar-refractivity contribution in [2.45, 2.75) is 25.1 Å². The van der Waals surface area contributed by atoms with E-state index in [0.29, 0.717) is 24.7 Å². The molecule has 2 aliphatic heterocycles. The number of likely N-dealkylation sites (tertiary alicyclic amines) is 1. The van der Waals surface area contributed by atoms with Crippen molar-refractivity contribution in [2.24, 2.45) is 0 Å². The first-order valence-corrected chi connectivity index (χ1v) is 10.0. The molecule has 2 amide bonds. The van der Waals surface area contributed by atoms with Gasteiger partial charge < -0.3 is 9.80 Å². The third-order valence-corrected chi connectivity index (χ3v) is 5.92. The lowest BCUT2D eigenvalue weighted by Crippen LogP contribution is -2.47. The van der Waals surface area contributed by atoms with Crippen molar-refractivity contribution < 1.29 is 22.8 Å². The Kier molecular flexibility index (Phi) is 6.05. The molecular weight excluding hydrogens is 401 g/mol. The van der Waals surface area contributed by atoms with Crippen LogP contribution in [0.5, 0.6) is 0 Å². The number of thioether (sulfide) groups is 1. The van der Waals surface area contributed by atoms with E-state index in [1.54, 1.807) is 4.90 Å². The molecule has 0 bridgehead atoms. The molecule has 0 radical (unpaired) electrons. The number of alkyl halides is 3. The van der Waals surface area contributed by atoms with Gasteiger partial charge in [0, 0.05) is 24.9 Å². The van der Waals surface area contributed by atoms with Crippen LogP contribution in [0.2, 0.25) is 5.02 Å². The smallest absolute Gasteiger partial charge is 0.341 e. The van der Waals surface area contributed by atoms with Gasteiger partial charge in [-0.2, -0.15) is 13.2 Å². The van der Waals surface area contributed by atoms with Crippen molar-refractivity contribution in [1.82, 2.24) is 9.80 Å². The molecule has 2 saturated heterocycles. The second-order valence-electron chi connectivity index (χ2n) is 6.43.